The average Bonchev–Trinajstić information content (AvgIpc) is 2.79. The molecule has 3 aromatic carbocycles. The van der Waals surface area contributed by atoms with Crippen LogP contribution in [0.2, 0.25) is 0 Å². The molecule has 0 N–H and O–H groups in total. The molecular formula is C24H22N2O3S. The van der Waals surface area contributed by atoms with E-state index in [-0.39, 0.29) is 11.2 Å². The Morgan fingerprint density at radius 3 is 2.23 bits per heavy atom. The number of benzene rings is 3. The number of hydrogen-bond donors (Lipinski definition) is 0. The Labute approximate surface area is 180 Å². The lowest BCUT2D eigenvalue weighted by Gasteiger charge is -2.32. The molecule has 0 radical (unpaired) electrons. The molecule has 6 heteroatoms. The number of para-hydroxylation sites is 2. The van der Waals surface area contributed by atoms with Crippen molar-refractivity contribution in [3.8, 4) is 11.5 Å². The van der Waals surface area contributed by atoms with E-state index in [0.717, 1.165) is 16.9 Å². The van der Waals surface area contributed by atoms with E-state index in [2.05, 4.69) is 0 Å². The van der Waals surface area contributed by atoms with E-state index in [9.17, 15) is 4.79 Å². The molecule has 152 valence electrons. The summed E-state index contributed by atoms with van der Waals surface area (Å²) in [5.74, 6) is 1.32. The highest BCUT2D eigenvalue weighted by Crippen LogP contribution is 2.43. The Balaban J connectivity index is 1.73. The number of anilines is 1. The summed E-state index contributed by atoms with van der Waals surface area (Å²) in [5, 5.41) is 0.586. The van der Waals surface area contributed by atoms with Crippen molar-refractivity contribution in [2.24, 2.45) is 4.99 Å². The Hall–Kier alpha value is -3.25. The fourth-order valence-corrected chi connectivity index (χ4v) is 4.57. The standard InChI is InChI=1S/C24H22N2O3S/c1-28-20-14-13-17(15-21(20)29-2)22-16-23(27)26(19-11-7-4-8-12-19)24(30-22)25-18-9-5-3-6-10-18/h3-15,22H,16H2,1-2H3/t22-/m1/s1. The summed E-state index contributed by atoms with van der Waals surface area (Å²) in [4.78, 5) is 19.7. The van der Waals surface area contributed by atoms with E-state index in [0.29, 0.717) is 23.1 Å². The molecule has 0 aromatic heterocycles. The SMILES string of the molecule is COc1ccc([C@H]2CC(=O)N(c3ccccc3)C(=Nc3ccccc3)S2)cc1OC. The molecule has 1 aliphatic rings. The Morgan fingerprint density at radius 2 is 1.57 bits per heavy atom. The third kappa shape index (κ3) is 4.19. The molecule has 0 spiro atoms. The van der Waals surface area contributed by atoms with Gasteiger partial charge in [-0.15, -0.1) is 0 Å². The van der Waals surface area contributed by atoms with Crippen LogP contribution in [0.3, 0.4) is 0 Å². The number of hydrogen-bond acceptors (Lipinski definition) is 5. The van der Waals surface area contributed by atoms with Gasteiger partial charge in [0.05, 0.1) is 25.6 Å². The summed E-state index contributed by atoms with van der Waals surface area (Å²) >= 11 is 1.58. The number of carbonyl (C=O) groups excluding carboxylic acids is 1. The number of carbonyl (C=O) groups is 1. The van der Waals surface area contributed by atoms with Crippen molar-refractivity contribution in [1.29, 1.82) is 0 Å². The minimum atomic E-state index is -0.0697. The van der Waals surface area contributed by atoms with Gasteiger partial charge in [-0.05, 0) is 42.0 Å². The molecular weight excluding hydrogens is 396 g/mol. The molecule has 0 aliphatic carbocycles. The molecule has 1 fully saturated rings. The van der Waals surface area contributed by atoms with Gasteiger partial charge < -0.3 is 9.47 Å². The van der Waals surface area contributed by atoms with Gasteiger partial charge in [0.15, 0.2) is 16.7 Å². The van der Waals surface area contributed by atoms with Gasteiger partial charge in [0.2, 0.25) is 5.91 Å². The van der Waals surface area contributed by atoms with Gasteiger partial charge in [0, 0.05) is 11.7 Å². The van der Waals surface area contributed by atoms with Crippen LogP contribution >= 0.6 is 11.8 Å². The Bertz CT molecular complexity index is 1050. The van der Waals surface area contributed by atoms with Crippen LogP contribution in [0.15, 0.2) is 83.9 Å². The van der Waals surface area contributed by atoms with E-state index >= 15 is 0 Å². The van der Waals surface area contributed by atoms with Crippen LogP contribution in [0.25, 0.3) is 0 Å². The number of amides is 1. The van der Waals surface area contributed by atoms with Crippen molar-refractivity contribution in [1.82, 2.24) is 0 Å². The maximum Gasteiger partial charge on any atom is 0.234 e. The normalized spacial score (nSPS) is 17.8. The molecule has 5 nitrogen and oxygen atoms in total. The molecule has 4 rings (SSSR count). The first kappa shape index (κ1) is 20.0. The molecule has 0 unspecified atom stereocenters. The number of rotatable bonds is 5. The average molecular weight is 419 g/mol. The van der Waals surface area contributed by atoms with Crippen LogP contribution in [-0.2, 0) is 4.79 Å². The number of methoxy groups -OCH3 is 2. The molecule has 0 bridgehead atoms. The van der Waals surface area contributed by atoms with Crippen molar-refractivity contribution >= 4 is 34.2 Å². The van der Waals surface area contributed by atoms with Gasteiger partial charge in [-0.2, -0.15) is 0 Å². The fraction of sp³-hybridized carbons (Fsp3) is 0.167. The van der Waals surface area contributed by atoms with E-state index < -0.39 is 0 Å². The van der Waals surface area contributed by atoms with Gasteiger partial charge in [-0.1, -0.05) is 54.2 Å². The third-order valence-corrected chi connectivity index (χ3v) is 6.03. The molecule has 1 heterocycles. The van der Waals surface area contributed by atoms with Gasteiger partial charge in [0.1, 0.15) is 0 Å². The lowest BCUT2D eigenvalue weighted by atomic mass is 10.1. The fourth-order valence-electron chi connectivity index (χ4n) is 3.34. The summed E-state index contributed by atoms with van der Waals surface area (Å²) in [7, 11) is 3.22. The number of aliphatic imine (C=N–C) groups is 1. The smallest absolute Gasteiger partial charge is 0.234 e. The number of amidine groups is 1. The maximum absolute atomic E-state index is 13.2. The van der Waals surface area contributed by atoms with Crippen molar-refractivity contribution in [2.75, 3.05) is 19.1 Å². The summed E-state index contributed by atoms with van der Waals surface area (Å²) in [6.45, 7) is 0. The summed E-state index contributed by atoms with van der Waals surface area (Å²) in [6, 6.07) is 25.1. The van der Waals surface area contributed by atoms with E-state index in [1.807, 2.05) is 78.9 Å². The summed E-state index contributed by atoms with van der Waals surface area (Å²) < 4.78 is 10.8. The van der Waals surface area contributed by atoms with Crippen LogP contribution in [0.5, 0.6) is 11.5 Å². The Morgan fingerprint density at radius 1 is 0.900 bits per heavy atom. The molecule has 0 saturated carbocycles. The van der Waals surface area contributed by atoms with Crippen molar-refractivity contribution in [3.05, 3.63) is 84.4 Å². The second kappa shape index (κ2) is 9.05. The predicted octanol–water partition coefficient (Wildman–Crippen LogP) is 5.60. The highest BCUT2D eigenvalue weighted by molar-refractivity contribution is 8.14. The van der Waals surface area contributed by atoms with Crippen LogP contribution in [0.4, 0.5) is 11.4 Å². The zero-order valence-corrected chi connectivity index (χ0v) is 17.6. The lowest BCUT2D eigenvalue weighted by molar-refractivity contribution is -0.117. The largest absolute Gasteiger partial charge is 0.493 e. The van der Waals surface area contributed by atoms with Gasteiger partial charge in [0.25, 0.3) is 0 Å². The highest BCUT2D eigenvalue weighted by atomic mass is 32.2. The Kier molecular flexibility index (Phi) is 6.05. The first-order chi connectivity index (χ1) is 14.7. The number of thioether (sulfide) groups is 1. The van der Waals surface area contributed by atoms with Crippen LogP contribution < -0.4 is 14.4 Å². The monoisotopic (exact) mass is 418 g/mol. The molecule has 1 aliphatic heterocycles. The van der Waals surface area contributed by atoms with Crippen LogP contribution in [0.1, 0.15) is 17.2 Å². The van der Waals surface area contributed by atoms with Crippen molar-refractivity contribution in [2.45, 2.75) is 11.7 Å². The number of ether oxygens (including phenoxy) is 2. The van der Waals surface area contributed by atoms with Crippen molar-refractivity contribution in [3.63, 3.8) is 0 Å². The topological polar surface area (TPSA) is 51.1 Å². The van der Waals surface area contributed by atoms with Gasteiger partial charge in [-0.3, -0.25) is 9.69 Å². The lowest BCUT2D eigenvalue weighted by Crippen LogP contribution is -2.40. The summed E-state index contributed by atoms with van der Waals surface area (Å²) in [6.07, 6.45) is 0.364. The zero-order valence-electron chi connectivity index (χ0n) is 16.8. The molecule has 30 heavy (non-hydrogen) atoms. The van der Waals surface area contributed by atoms with Crippen LogP contribution in [-0.4, -0.2) is 25.3 Å². The predicted molar refractivity (Wildman–Crippen MR) is 122 cm³/mol. The van der Waals surface area contributed by atoms with Gasteiger partial charge in [-0.25, -0.2) is 4.99 Å². The molecule has 1 amide bonds. The highest BCUT2D eigenvalue weighted by Gasteiger charge is 2.34. The minimum Gasteiger partial charge on any atom is -0.493 e. The first-order valence-electron chi connectivity index (χ1n) is 9.60. The second-order valence-electron chi connectivity index (χ2n) is 6.72. The van der Waals surface area contributed by atoms with E-state index in [4.69, 9.17) is 14.5 Å². The molecule has 1 atom stereocenters. The second-order valence-corrected chi connectivity index (χ2v) is 7.89. The summed E-state index contributed by atoms with van der Waals surface area (Å²) in [5.41, 5.74) is 2.62. The molecule has 3 aromatic rings. The van der Waals surface area contributed by atoms with E-state index in [1.54, 1.807) is 30.9 Å². The van der Waals surface area contributed by atoms with Crippen LogP contribution in [0, 0.1) is 0 Å². The van der Waals surface area contributed by atoms with E-state index in [1.165, 1.54) is 0 Å². The van der Waals surface area contributed by atoms with Gasteiger partial charge >= 0.3 is 0 Å². The third-order valence-electron chi connectivity index (χ3n) is 4.82. The van der Waals surface area contributed by atoms with Crippen molar-refractivity contribution < 1.29 is 14.3 Å². The minimum absolute atomic E-state index is 0.00872. The molecule has 1 saturated heterocycles. The quantitative estimate of drug-likeness (QED) is 0.541. The zero-order chi connectivity index (χ0) is 20.9. The first-order valence-corrected chi connectivity index (χ1v) is 10.5. The maximum atomic E-state index is 13.2. The number of nitrogens with zero attached hydrogens (tertiary/aromatic N) is 2.